The number of allylic oxidation sites excluding steroid dienone is 1. The first-order valence-electron chi connectivity index (χ1n) is 4.82. The molecule has 2 rings (SSSR count). The summed E-state index contributed by atoms with van der Waals surface area (Å²) in [4.78, 5) is 19.8. The molecule has 0 amide bonds. The second kappa shape index (κ2) is 4.76. The Morgan fingerprint density at radius 2 is 2.47 bits per heavy atom. The molecule has 0 unspecified atom stereocenters. The number of rotatable bonds is 3. The number of terminal acetylenes is 1. The van der Waals surface area contributed by atoms with E-state index in [1.165, 1.54) is 17.4 Å². The van der Waals surface area contributed by atoms with E-state index in [4.69, 9.17) is 6.42 Å². The van der Waals surface area contributed by atoms with Crippen molar-refractivity contribution >= 4 is 23.2 Å². The van der Waals surface area contributed by atoms with Gasteiger partial charge in [-0.2, -0.15) is 0 Å². The highest BCUT2D eigenvalue weighted by Crippen LogP contribution is 2.10. The summed E-state index contributed by atoms with van der Waals surface area (Å²) in [6, 6.07) is 0. The Kier molecular flexibility index (Phi) is 3.17. The second-order valence-corrected chi connectivity index (χ2v) is 4.14. The maximum Gasteiger partial charge on any atom is 0.221 e. The van der Waals surface area contributed by atoms with Crippen molar-refractivity contribution < 1.29 is 4.79 Å². The van der Waals surface area contributed by atoms with E-state index in [0.29, 0.717) is 16.5 Å². The third kappa shape index (κ3) is 2.49. The number of carbonyl (C=O) groups excluding carboxylic acids is 1. The highest BCUT2D eigenvalue weighted by Gasteiger charge is 2.06. The summed E-state index contributed by atoms with van der Waals surface area (Å²) >= 11 is 1.37. The van der Waals surface area contributed by atoms with Crippen molar-refractivity contribution in [3.05, 3.63) is 40.4 Å². The average molecular weight is 243 g/mol. The first-order valence-corrected chi connectivity index (χ1v) is 5.70. The standard InChI is InChI=1S/C12H9N3OS/c1-3-11-14-9(8-17-11)4-5-10(16)12-13-6-7-15(12)2/h1,4-8H,2H3/b5-4+. The van der Waals surface area contributed by atoms with Crippen LogP contribution in [0.25, 0.3) is 6.08 Å². The Morgan fingerprint density at radius 3 is 3.06 bits per heavy atom. The van der Waals surface area contributed by atoms with Crippen LogP contribution in [0.2, 0.25) is 0 Å². The summed E-state index contributed by atoms with van der Waals surface area (Å²) in [6.45, 7) is 0. The summed E-state index contributed by atoms with van der Waals surface area (Å²) in [5.41, 5.74) is 0.686. The third-order valence-electron chi connectivity index (χ3n) is 2.09. The van der Waals surface area contributed by atoms with Gasteiger partial charge in [-0.1, -0.05) is 0 Å². The van der Waals surface area contributed by atoms with Crippen molar-refractivity contribution in [3.63, 3.8) is 0 Å². The lowest BCUT2D eigenvalue weighted by Crippen LogP contribution is -2.03. The van der Waals surface area contributed by atoms with Gasteiger partial charge in [0.1, 0.15) is 0 Å². The van der Waals surface area contributed by atoms with Crippen molar-refractivity contribution in [2.75, 3.05) is 0 Å². The molecule has 0 aromatic carbocycles. The van der Waals surface area contributed by atoms with Crippen molar-refractivity contribution in [2.24, 2.45) is 7.05 Å². The largest absolute Gasteiger partial charge is 0.331 e. The number of ketones is 1. The van der Waals surface area contributed by atoms with Gasteiger partial charge in [-0.15, -0.1) is 17.8 Å². The Hall–Kier alpha value is -2.19. The molecule has 0 N–H and O–H groups in total. The lowest BCUT2D eigenvalue weighted by molar-refractivity contribution is 0.103. The number of hydrogen-bond donors (Lipinski definition) is 0. The van der Waals surface area contributed by atoms with Crippen LogP contribution in [0.3, 0.4) is 0 Å². The quantitative estimate of drug-likeness (QED) is 0.469. The van der Waals surface area contributed by atoms with Gasteiger partial charge in [0, 0.05) is 24.8 Å². The first kappa shape index (κ1) is 11.3. The van der Waals surface area contributed by atoms with Crippen LogP contribution < -0.4 is 0 Å². The van der Waals surface area contributed by atoms with Gasteiger partial charge in [0.15, 0.2) is 10.8 Å². The fourth-order valence-electron chi connectivity index (χ4n) is 1.27. The zero-order valence-electron chi connectivity index (χ0n) is 9.12. The molecule has 2 heterocycles. The van der Waals surface area contributed by atoms with Crippen LogP contribution in [0.5, 0.6) is 0 Å². The van der Waals surface area contributed by atoms with E-state index in [1.54, 1.807) is 35.5 Å². The highest BCUT2D eigenvalue weighted by molar-refractivity contribution is 7.10. The van der Waals surface area contributed by atoms with E-state index in [-0.39, 0.29) is 5.78 Å². The zero-order chi connectivity index (χ0) is 12.3. The molecule has 0 aliphatic carbocycles. The van der Waals surface area contributed by atoms with Crippen LogP contribution >= 0.6 is 11.3 Å². The number of thiazole rings is 1. The Labute approximate surface area is 103 Å². The number of carbonyl (C=O) groups is 1. The van der Waals surface area contributed by atoms with E-state index in [1.807, 2.05) is 0 Å². The zero-order valence-corrected chi connectivity index (χ0v) is 9.94. The molecular weight excluding hydrogens is 234 g/mol. The summed E-state index contributed by atoms with van der Waals surface area (Å²) < 4.78 is 1.67. The minimum absolute atomic E-state index is 0.159. The van der Waals surface area contributed by atoms with Gasteiger partial charge in [0.2, 0.25) is 5.78 Å². The molecule has 0 saturated heterocycles. The SMILES string of the molecule is C#Cc1nc(/C=C/C(=O)c2nccn2C)cs1. The van der Waals surface area contributed by atoms with E-state index in [0.717, 1.165) is 0 Å². The van der Waals surface area contributed by atoms with Gasteiger partial charge in [-0.25, -0.2) is 9.97 Å². The summed E-state index contributed by atoms with van der Waals surface area (Å²) in [7, 11) is 1.77. The van der Waals surface area contributed by atoms with Crippen LogP contribution in [0.4, 0.5) is 0 Å². The minimum Gasteiger partial charge on any atom is -0.331 e. The molecule has 5 heteroatoms. The molecule has 0 bridgehead atoms. The molecular formula is C12H9N3OS. The van der Waals surface area contributed by atoms with E-state index < -0.39 is 0 Å². The first-order chi connectivity index (χ1) is 8.20. The lowest BCUT2D eigenvalue weighted by Gasteiger charge is -1.94. The van der Waals surface area contributed by atoms with Gasteiger partial charge in [-0.05, 0) is 18.1 Å². The summed E-state index contributed by atoms with van der Waals surface area (Å²) in [5.74, 6) is 2.68. The maximum atomic E-state index is 11.7. The Morgan fingerprint density at radius 1 is 1.65 bits per heavy atom. The summed E-state index contributed by atoms with van der Waals surface area (Å²) in [5, 5.41) is 2.41. The van der Waals surface area contributed by atoms with E-state index in [2.05, 4.69) is 15.9 Å². The molecule has 84 valence electrons. The molecule has 17 heavy (non-hydrogen) atoms. The minimum atomic E-state index is -0.159. The normalized spacial score (nSPS) is 10.6. The molecule has 2 aromatic heterocycles. The topological polar surface area (TPSA) is 47.8 Å². The maximum absolute atomic E-state index is 11.7. The van der Waals surface area contributed by atoms with Crippen LogP contribution in [0, 0.1) is 12.3 Å². The Balaban J connectivity index is 2.14. The molecule has 0 atom stereocenters. The van der Waals surface area contributed by atoms with E-state index >= 15 is 0 Å². The van der Waals surface area contributed by atoms with Gasteiger partial charge in [-0.3, -0.25) is 4.79 Å². The van der Waals surface area contributed by atoms with Gasteiger partial charge in [0.05, 0.1) is 5.69 Å². The number of hydrogen-bond acceptors (Lipinski definition) is 4. The predicted octanol–water partition coefficient (Wildman–Crippen LogP) is 1.75. The summed E-state index contributed by atoms with van der Waals surface area (Å²) in [6.07, 6.45) is 11.6. The van der Waals surface area contributed by atoms with Crippen molar-refractivity contribution in [2.45, 2.75) is 0 Å². The van der Waals surface area contributed by atoms with Crippen LogP contribution in [0.1, 0.15) is 21.3 Å². The molecule has 0 aliphatic rings. The van der Waals surface area contributed by atoms with Crippen molar-refractivity contribution in [1.82, 2.24) is 14.5 Å². The van der Waals surface area contributed by atoms with Crippen LogP contribution in [-0.2, 0) is 7.05 Å². The fraction of sp³-hybridized carbons (Fsp3) is 0.0833. The average Bonchev–Trinajstić information content (AvgIpc) is 2.94. The predicted molar refractivity (Wildman–Crippen MR) is 66.6 cm³/mol. The lowest BCUT2D eigenvalue weighted by atomic mass is 10.3. The monoisotopic (exact) mass is 243 g/mol. The molecule has 2 aromatic rings. The molecule has 0 aliphatic heterocycles. The van der Waals surface area contributed by atoms with Crippen LogP contribution in [0.15, 0.2) is 23.8 Å². The van der Waals surface area contributed by atoms with Crippen molar-refractivity contribution in [3.8, 4) is 12.3 Å². The molecule has 0 spiro atoms. The van der Waals surface area contributed by atoms with E-state index in [9.17, 15) is 4.79 Å². The number of aryl methyl sites for hydroxylation is 1. The fourth-order valence-corrected chi connectivity index (χ4v) is 1.86. The highest BCUT2D eigenvalue weighted by atomic mass is 32.1. The molecule has 0 fully saturated rings. The van der Waals surface area contributed by atoms with Crippen LogP contribution in [-0.4, -0.2) is 20.3 Å². The van der Waals surface area contributed by atoms with Gasteiger partial charge >= 0.3 is 0 Å². The van der Waals surface area contributed by atoms with Crippen molar-refractivity contribution in [1.29, 1.82) is 0 Å². The second-order valence-electron chi connectivity index (χ2n) is 3.28. The third-order valence-corrected chi connectivity index (χ3v) is 2.88. The number of nitrogens with zero attached hydrogens (tertiary/aromatic N) is 3. The number of aromatic nitrogens is 3. The smallest absolute Gasteiger partial charge is 0.221 e. The molecule has 0 radical (unpaired) electrons. The Bertz CT molecular complexity index is 616. The van der Waals surface area contributed by atoms with Gasteiger partial charge in [0.25, 0.3) is 0 Å². The van der Waals surface area contributed by atoms with Gasteiger partial charge < -0.3 is 4.57 Å². The molecule has 0 saturated carbocycles. The number of imidazole rings is 1. The molecule has 4 nitrogen and oxygen atoms in total.